The maximum atomic E-state index is 14.0. The number of aromatic nitrogens is 10. The van der Waals surface area contributed by atoms with Gasteiger partial charge in [-0.1, -0.05) is 17.7 Å². The van der Waals surface area contributed by atoms with Gasteiger partial charge in [-0.05, 0) is 43.2 Å². The van der Waals surface area contributed by atoms with Gasteiger partial charge in [-0.25, -0.2) is 33.1 Å². The van der Waals surface area contributed by atoms with Crippen LogP contribution in [0.25, 0.3) is 33.3 Å². The second-order valence-electron chi connectivity index (χ2n) is 11.5. The van der Waals surface area contributed by atoms with Crippen LogP contribution in [0.1, 0.15) is 29.9 Å². The Bertz CT molecular complexity index is 2130. The van der Waals surface area contributed by atoms with Crippen LogP contribution in [0.5, 0.6) is 0 Å². The van der Waals surface area contributed by atoms with Gasteiger partial charge < -0.3 is 5.32 Å². The van der Waals surface area contributed by atoms with Crippen molar-refractivity contribution in [2.24, 2.45) is 7.05 Å². The van der Waals surface area contributed by atoms with Gasteiger partial charge in [0.1, 0.15) is 35.0 Å². The molecule has 1 atom stereocenters. The summed E-state index contributed by atoms with van der Waals surface area (Å²) in [6.45, 7) is 6.21. The molecule has 5 aromatic heterocycles. The first kappa shape index (κ1) is 29.9. The van der Waals surface area contributed by atoms with Crippen LogP contribution in [-0.4, -0.2) is 73.3 Å². The van der Waals surface area contributed by atoms with Crippen molar-refractivity contribution in [3.05, 3.63) is 75.6 Å². The third kappa shape index (κ3) is 5.49. The van der Waals surface area contributed by atoms with Crippen molar-refractivity contribution in [3.63, 3.8) is 0 Å². The molecule has 1 aromatic carbocycles. The van der Waals surface area contributed by atoms with E-state index in [1.54, 1.807) is 47.4 Å². The number of rotatable bonds is 9. The summed E-state index contributed by atoms with van der Waals surface area (Å²) in [6.07, 6.45) is 2.07. The number of aryl methyl sites for hydroxylation is 2. The van der Waals surface area contributed by atoms with Gasteiger partial charge >= 0.3 is 0 Å². The molecule has 0 spiro atoms. The highest BCUT2D eigenvalue weighted by atomic mass is 35.5. The van der Waals surface area contributed by atoms with Gasteiger partial charge in [-0.15, -0.1) is 5.10 Å². The largest absolute Gasteiger partial charge is 0.377 e. The maximum Gasteiger partial charge on any atom is 0.260 e. The minimum atomic E-state index is -2.73. The normalized spacial score (nSPS) is 14.4. The lowest BCUT2D eigenvalue weighted by atomic mass is 9.95. The summed E-state index contributed by atoms with van der Waals surface area (Å²) in [7, 11) is 1.77. The van der Waals surface area contributed by atoms with E-state index in [4.69, 9.17) is 11.6 Å². The highest BCUT2D eigenvalue weighted by molar-refractivity contribution is 6.29. The smallest absolute Gasteiger partial charge is 0.260 e. The highest BCUT2D eigenvalue weighted by Crippen LogP contribution is 2.35. The van der Waals surface area contributed by atoms with Gasteiger partial charge in [0, 0.05) is 42.3 Å². The predicted molar refractivity (Wildman–Crippen MR) is 169 cm³/mol. The molecule has 13 nitrogen and oxygen atoms in total. The Kier molecular flexibility index (Phi) is 7.72. The fourth-order valence-electron chi connectivity index (χ4n) is 6.20. The zero-order valence-corrected chi connectivity index (χ0v) is 26.2. The van der Waals surface area contributed by atoms with E-state index in [0.717, 1.165) is 28.1 Å². The quantitative estimate of drug-likeness (QED) is 0.231. The molecule has 6 aromatic rings. The standard InChI is InChI=1S/C30H31ClF2N12O/c1-17-10-19(18(2)38-22-4-5-23(31)39-27(22)28-35-16-41(3)40-28)26-20(11-17)30(46)43(13-24(32)33)29-21(26)12-36-45(29)9-7-42-6-8-44-25(14-42)34-15-37-44/h4-5,10-12,15-16,18,24,38H,6-9,13-14H2,1-3H3. The average Bonchev–Trinajstić information content (AvgIpc) is 3.78. The first-order valence-corrected chi connectivity index (χ1v) is 15.2. The van der Waals surface area contributed by atoms with Crippen molar-refractivity contribution < 1.29 is 8.78 Å². The molecule has 1 aliphatic heterocycles. The molecule has 238 valence electrons. The SMILES string of the molecule is Cc1cc(C(C)Nc2ccc(Cl)nc2-c2ncn(C)n2)c2c(c1)c(=O)n(CC(F)F)c1c2cnn1CCN1CCn2ncnc2C1. The minimum Gasteiger partial charge on any atom is -0.377 e. The van der Waals surface area contributed by atoms with Gasteiger partial charge in [-0.3, -0.25) is 18.9 Å². The Morgan fingerprint density at radius 2 is 1.93 bits per heavy atom. The molecule has 1 aliphatic rings. The molecule has 0 bridgehead atoms. The monoisotopic (exact) mass is 648 g/mol. The molecule has 6 heterocycles. The first-order valence-electron chi connectivity index (χ1n) is 14.8. The number of nitrogens with one attached hydrogen (secondary N) is 1. The van der Waals surface area contributed by atoms with Crippen molar-refractivity contribution in [2.45, 2.75) is 52.5 Å². The van der Waals surface area contributed by atoms with E-state index in [0.29, 0.717) is 70.3 Å². The molecular formula is C30H31ClF2N12O. The number of nitrogens with zero attached hydrogens (tertiary/aromatic N) is 11. The van der Waals surface area contributed by atoms with Crippen LogP contribution in [0, 0.1) is 6.92 Å². The summed E-state index contributed by atoms with van der Waals surface area (Å²) < 4.78 is 34.2. The van der Waals surface area contributed by atoms with Crippen molar-refractivity contribution in [1.82, 2.24) is 53.8 Å². The summed E-state index contributed by atoms with van der Waals surface area (Å²) >= 11 is 6.24. The fraction of sp³-hybridized carbons (Fsp3) is 0.367. The molecule has 16 heteroatoms. The molecule has 0 amide bonds. The Morgan fingerprint density at radius 3 is 2.72 bits per heavy atom. The van der Waals surface area contributed by atoms with Gasteiger partial charge in [0.15, 0.2) is 0 Å². The fourth-order valence-corrected chi connectivity index (χ4v) is 6.35. The lowest BCUT2D eigenvalue weighted by Gasteiger charge is -2.26. The van der Waals surface area contributed by atoms with Gasteiger partial charge in [-0.2, -0.15) is 10.2 Å². The summed E-state index contributed by atoms with van der Waals surface area (Å²) in [4.78, 5) is 29.3. The molecule has 0 saturated carbocycles. The third-order valence-electron chi connectivity index (χ3n) is 8.27. The average molecular weight is 649 g/mol. The van der Waals surface area contributed by atoms with E-state index >= 15 is 0 Å². The van der Waals surface area contributed by atoms with E-state index in [1.165, 1.54) is 0 Å². The van der Waals surface area contributed by atoms with Crippen LogP contribution in [0.4, 0.5) is 14.5 Å². The van der Waals surface area contributed by atoms with Crippen molar-refractivity contribution in [1.29, 1.82) is 0 Å². The first-order chi connectivity index (χ1) is 22.2. The van der Waals surface area contributed by atoms with Crippen molar-refractivity contribution in [2.75, 3.05) is 18.4 Å². The molecule has 0 radical (unpaired) electrons. The topological polar surface area (TPSA) is 129 Å². The summed E-state index contributed by atoms with van der Waals surface area (Å²) in [5.74, 6) is 1.28. The lowest BCUT2D eigenvalue weighted by molar-refractivity contribution is 0.126. The van der Waals surface area contributed by atoms with E-state index in [1.807, 2.05) is 30.7 Å². The van der Waals surface area contributed by atoms with Crippen LogP contribution >= 0.6 is 11.6 Å². The number of anilines is 1. The van der Waals surface area contributed by atoms with Crippen molar-refractivity contribution in [3.8, 4) is 11.5 Å². The van der Waals surface area contributed by atoms with Gasteiger partial charge in [0.2, 0.25) is 5.82 Å². The number of pyridine rings is 2. The molecular weight excluding hydrogens is 618 g/mol. The van der Waals surface area contributed by atoms with Crippen LogP contribution < -0.4 is 10.9 Å². The van der Waals surface area contributed by atoms with Crippen LogP contribution in [0.2, 0.25) is 5.15 Å². The van der Waals surface area contributed by atoms with E-state index < -0.39 is 18.5 Å². The molecule has 1 N–H and O–H groups in total. The Hall–Kier alpha value is -4.76. The number of alkyl halides is 2. The summed E-state index contributed by atoms with van der Waals surface area (Å²) in [6, 6.07) is 6.88. The Labute approximate surface area is 266 Å². The zero-order chi connectivity index (χ0) is 32.1. The second kappa shape index (κ2) is 11.9. The number of halogens is 3. The number of fused-ring (bicyclic) bond motifs is 4. The molecule has 0 aliphatic carbocycles. The molecule has 0 fully saturated rings. The molecule has 46 heavy (non-hydrogen) atoms. The number of hydrogen-bond donors (Lipinski definition) is 1. The van der Waals surface area contributed by atoms with Crippen LogP contribution in [0.15, 0.2) is 47.9 Å². The van der Waals surface area contributed by atoms with Crippen LogP contribution in [-0.2, 0) is 33.2 Å². The molecule has 7 rings (SSSR count). The van der Waals surface area contributed by atoms with Crippen LogP contribution in [0.3, 0.4) is 0 Å². The van der Waals surface area contributed by atoms with Gasteiger partial charge in [0.05, 0.1) is 38.1 Å². The Balaban J connectivity index is 1.31. The Morgan fingerprint density at radius 1 is 1.09 bits per heavy atom. The van der Waals surface area contributed by atoms with Gasteiger partial charge in [0.25, 0.3) is 12.0 Å². The van der Waals surface area contributed by atoms with E-state index in [2.05, 4.69) is 40.5 Å². The predicted octanol–water partition coefficient (Wildman–Crippen LogP) is 4.05. The minimum absolute atomic E-state index is 0.293. The second-order valence-corrected chi connectivity index (χ2v) is 11.9. The molecule has 0 saturated heterocycles. The summed E-state index contributed by atoms with van der Waals surface area (Å²) in [5, 5.41) is 18.7. The maximum absolute atomic E-state index is 14.0. The molecule has 1 unspecified atom stereocenters. The third-order valence-corrected chi connectivity index (χ3v) is 8.48. The highest BCUT2D eigenvalue weighted by Gasteiger charge is 2.24. The van der Waals surface area contributed by atoms with E-state index in [9.17, 15) is 13.6 Å². The number of hydrogen-bond acceptors (Lipinski definition) is 9. The number of benzene rings is 1. The van der Waals surface area contributed by atoms with E-state index in [-0.39, 0.29) is 6.04 Å². The lowest BCUT2D eigenvalue weighted by Crippen LogP contribution is -2.36. The van der Waals surface area contributed by atoms with Crippen molar-refractivity contribution >= 4 is 39.1 Å². The zero-order valence-electron chi connectivity index (χ0n) is 25.4. The summed E-state index contributed by atoms with van der Waals surface area (Å²) in [5.41, 5.74) is 2.63.